The highest BCUT2D eigenvalue weighted by molar-refractivity contribution is 5.73. The van der Waals surface area contributed by atoms with Gasteiger partial charge in [0.05, 0.1) is 6.42 Å². The molecule has 1 aromatic carbocycles. The molecule has 2 aliphatic rings. The molecule has 0 radical (unpaired) electrons. The van der Waals surface area contributed by atoms with Crippen molar-refractivity contribution in [3.05, 3.63) is 23.8 Å². The van der Waals surface area contributed by atoms with Crippen LogP contribution in [0.4, 0.5) is 22.0 Å². The summed E-state index contributed by atoms with van der Waals surface area (Å²) in [5, 5.41) is 19.5. The molecule has 1 saturated heterocycles. The van der Waals surface area contributed by atoms with E-state index in [1.165, 1.54) is 6.07 Å². The minimum absolute atomic E-state index is 0.0115. The van der Waals surface area contributed by atoms with Crippen LogP contribution >= 0.6 is 0 Å². The number of fused-ring (bicyclic) bond motifs is 1. The Bertz CT molecular complexity index is 778. The molecular weight excluding hydrogens is 425 g/mol. The lowest BCUT2D eigenvalue weighted by Gasteiger charge is -2.37. The minimum Gasteiger partial charge on any atom is -0.481 e. The Morgan fingerprint density at radius 3 is 2.23 bits per heavy atom. The molecule has 13 heteroatoms. The average molecular weight is 443 g/mol. The molecule has 8 nitrogen and oxygen atoms in total. The Hall–Kier alpha value is -2.67. The van der Waals surface area contributed by atoms with Crippen LogP contribution in [-0.2, 0) is 20.9 Å². The van der Waals surface area contributed by atoms with Gasteiger partial charge in [-0.15, -0.1) is 8.78 Å². The summed E-state index contributed by atoms with van der Waals surface area (Å²) in [4.78, 5) is 20.0. The molecule has 0 spiro atoms. The number of alkyl halides is 5. The molecule has 0 amide bonds. The maximum Gasteiger partial charge on any atom is 0.586 e. The lowest BCUT2D eigenvalue weighted by atomic mass is 9.86. The van der Waals surface area contributed by atoms with E-state index in [4.69, 9.17) is 19.7 Å². The van der Waals surface area contributed by atoms with Gasteiger partial charge in [-0.1, -0.05) is 12.1 Å². The SMILES string of the molecule is O=C(O)C(F)(F)F.O=C(O)CC1(NCc2cccc3c2OC(F)(F)O3)CCOCC1. The van der Waals surface area contributed by atoms with E-state index in [2.05, 4.69) is 14.8 Å². The van der Waals surface area contributed by atoms with Crippen LogP contribution in [0, 0.1) is 0 Å². The van der Waals surface area contributed by atoms with Crippen LogP contribution in [0.25, 0.3) is 0 Å². The molecule has 2 aliphatic heterocycles. The first kappa shape index (κ1) is 23.6. The van der Waals surface area contributed by atoms with Gasteiger partial charge in [-0.3, -0.25) is 4.79 Å². The first-order chi connectivity index (χ1) is 13.8. The summed E-state index contributed by atoms with van der Waals surface area (Å²) in [7, 11) is 0. The van der Waals surface area contributed by atoms with Crippen LogP contribution < -0.4 is 14.8 Å². The summed E-state index contributed by atoms with van der Waals surface area (Å²) in [6.07, 6.45) is -7.72. The second-order valence-corrected chi connectivity index (χ2v) is 6.53. The molecule has 0 saturated carbocycles. The third-order valence-corrected chi connectivity index (χ3v) is 4.35. The number of hydrogen-bond acceptors (Lipinski definition) is 6. The standard InChI is InChI=1S/C15H17F2NO5.C2HF3O2/c16-15(17)22-11-3-1-2-10(13(11)23-15)9-18-14(8-12(19)20)4-6-21-7-5-14;3-2(4,5)1(6)7/h1-3,18H,4-9H2,(H,19,20);(H,6,7). The zero-order chi connectivity index (χ0) is 22.6. The molecule has 2 heterocycles. The summed E-state index contributed by atoms with van der Waals surface area (Å²) < 4.78 is 72.4. The molecule has 1 fully saturated rings. The monoisotopic (exact) mass is 443 g/mol. The summed E-state index contributed by atoms with van der Waals surface area (Å²) in [5.41, 5.74) is -0.120. The molecule has 30 heavy (non-hydrogen) atoms. The van der Waals surface area contributed by atoms with E-state index in [1.807, 2.05) is 0 Å². The number of nitrogens with one attached hydrogen (secondary N) is 1. The van der Waals surface area contributed by atoms with Gasteiger partial charge in [0.1, 0.15) is 0 Å². The van der Waals surface area contributed by atoms with Gasteiger partial charge in [0, 0.05) is 30.9 Å². The highest BCUT2D eigenvalue weighted by atomic mass is 19.4. The van der Waals surface area contributed by atoms with Gasteiger partial charge >= 0.3 is 24.4 Å². The van der Waals surface area contributed by atoms with E-state index in [0.717, 1.165) is 0 Å². The lowest BCUT2D eigenvalue weighted by molar-refractivity contribution is -0.287. The first-order valence-electron chi connectivity index (χ1n) is 8.56. The van der Waals surface area contributed by atoms with Gasteiger partial charge in [0.2, 0.25) is 0 Å². The van der Waals surface area contributed by atoms with Crippen LogP contribution in [0.15, 0.2) is 18.2 Å². The summed E-state index contributed by atoms with van der Waals surface area (Å²) in [6.45, 7) is 1.13. The van der Waals surface area contributed by atoms with Crippen LogP contribution in [0.5, 0.6) is 11.5 Å². The topological polar surface area (TPSA) is 114 Å². The predicted molar refractivity (Wildman–Crippen MR) is 88.2 cm³/mol. The number of aliphatic carboxylic acids is 2. The number of carboxylic acids is 2. The molecule has 3 rings (SSSR count). The minimum atomic E-state index is -5.08. The zero-order valence-electron chi connectivity index (χ0n) is 15.3. The van der Waals surface area contributed by atoms with Crippen molar-refractivity contribution in [3.63, 3.8) is 0 Å². The molecular formula is C17H18F5NO7. The van der Waals surface area contributed by atoms with E-state index in [-0.39, 0.29) is 24.5 Å². The van der Waals surface area contributed by atoms with Crippen molar-refractivity contribution in [2.75, 3.05) is 13.2 Å². The molecule has 1 aromatic rings. The Morgan fingerprint density at radius 1 is 1.10 bits per heavy atom. The van der Waals surface area contributed by atoms with Crippen molar-refractivity contribution >= 4 is 11.9 Å². The number of carboxylic acid groups (broad SMARTS) is 2. The van der Waals surface area contributed by atoms with Crippen molar-refractivity contribution in [1.82, 2.24) is 5.32 Å². The molecule has 3 N–H and O–H groups in total. The molecule has 0 aromatic heterocycles. The van der Waals surface area contributed by atoms with Crippen molar-refractivity contribution < 1.29 is 56.0 Å². The van der Waals surface area contributed by atoms with Gasteiger partial charge in [-0.25, -0.2) is 4.79 Å². The number of benzene rings is 1. The van der Waals surface area contributed by atoms with Gasteiger partial charge in [-0.05, 0) is 18.9 Å². The Morgan fingerprint density at radius 2 is 1.70 bits per heavy atom. The summed E-state index contributed by atoms with van der Waals surface area (Å²) in [6, 6.07) is 4.64. The largest absolute Gasteiger partial charge is 0.586 e. The number of carbonyl (C=O) groups is 2. The fourth-order valence-electron chi connectivity index (χ4n) is 2.91. The smallest absolute Gasteiger partial charge is 0.481 e. The lowest BCUT2D eigenvalue weighted by Crippen LogP contribution is -2.50. The summed E-state index contributed by atoms with van der Waals surface area (Å²) in [5.74, 6) is -3.70. The Balaban J connectivity index is 0.000000396. The third kappa shape index (κ3) is 6.42. The van der Waals surface area contributed by atoms with Crippen LogP contribution in [0.3, 0.4) is 0 Å². The maximum absolute atomic E-state index is 13.2. The number of rotatable bonds is 5. The van der Waals surface area contributed by atoms with E-state index in [9.17, 15) is 26.7 Å². The third-order valence-electron chi connectivity index (χ3n) is 4.35. The van der Waals surface area contributed by atoms with Gasteiger partial charge in [0.15, 0.2) is 11.5 Å². The number of ether oxygens (including phenoxy) is 3. The van der Waals surface area contributed by atoms with Crippen molar-refractivity contribution in [2.24, 2.45) is 0 Å². The zero-order valence-corrected chi connectivity index (χ0v) is 15.3. The highest BCUT2D eigenvalue weighted by Crippen LogP contribution is 2.43. The molecule has 0 bridgehead atoms. The molecule has 0 aliphatic carbocycles. The fourth-order valence-corrected chi connectivity index (χ4v) is 2.91. The maximum atomic E-state index is 13.2. The van der Waals surface area contributed by atoms with E-state index >= 15 is 0 Å². The molecule has 0 atom stereocenters. The van der Waals surface area contributed by atoms with Gasteiger partial charge < -0.3 is 29.7 Å². The molecule has 0 unspecified atom stereocenters. The number of para-hydroxylation sites is 1. The predicted octanol–water partition coefficient (Wildman–Crippen LogP) is 2.75. The van der Waals surface area contributed by atoms with Crippen LogP contribution in [-0.4, -0.2) is 53.4 Å². The second kappa shape index (κ2) is 9.00. The van der Waals surface area contributed by atoms with Crippen molar-refractivity contribution in [1.29, 1.82) is 0 Å². The van der Waals surface area contributed by atoms with Crippen LogP contribution in [0.2, 0.25) is 0 Å². The van der Waals surface area contributed by atoms with E-state index < -0.39 is 29.9 Å². The highest BCUT2D eigenvalue weighted by Gasteiger charge is 2.44. The Labute approximate surface area is 166 Å². The van der Waals surface area contributed by atoms with Crippen LogP contribution in [0.1, 0.15) is 24.8 Å². The fraction of sp³-hybridized carbons (Fsp3) is 0.529. The quantitative estimate of drug-likeness (QED) is 0.596. The number of hydrogen-bond donors (Lipinski definition) is 3. The number of halogens is 5. The average Bonchev–Trinajstić information content (AvgIpc) is 2.94. The normalized spacial score (nSPS) is 18.8. The van der Waals surface area contributed by atoms with Gasteiger partial charge in [-0.2, -0.15) is 13.2 Å². The Kier molecular flexibility index (Phi) is 7.08. The van der Waals surface area contributed by atoms with Crippen molar-refractivity contribution in [2.45, 2.75) is 43.8 Å². The van der Waals surface area contributed by atoms with E-state index in [0.29, 0.717) is 31.6 Å². The first-order valence-corrected chi connectivity index (χ1v) is 8.56. The van der Waals surface area contributed by atoms with E-state index in [1.54, 1.807) is 12.1 Å². The molecule has 168 valence electrons. The van der Waals surface area contributed by atoms with Gasteiger partial charge in [0.25, 0.3) is 0 Å². The van der Waals surface area contributed by atoms with Crippen molar-refractivity contribution in [3.8, 4) is 11.5 Å². The second-order valence-electron chi connectivity index (χ2n) is 6.53. The summed E-state index contributed by atoms with van der Waals surface area (Å²) >= 11 is 0.